The summed E-state index contributed by atoms with van der Waals surface area (Å²) in [4.78, 5) is 25.1. The Morgan fingerprint density at radius 1 is 1.17 bits per heavy atom. The number of amides is 1. The van der Waals surface area contributed by atoms with Crippen molar-refractivity contribution in [3.63, 3.8) is 0 Å². The average Bonchev–Trinajstić information content (AvgIpc) is 2.60. The Morgan fingerprint density at radius 2 is 1.88 bits per heavy atom. The molecule has 1 aliphatic heterocycles. The summed E-state index contributed by atoms with van der Waals surface area (Å²) in [6, 6.07) is 7.33. The molecule has 0 atom stereocenters. The van der Waals surface area contributed by atoms with E-state index >= 15 is 0 Å². The molecule has 1 fully saturated rings. The van der Waals surface area contributed by atoms with E-state index in [9.17, 15) is 4.79 Å². The molecule has 0 radical (unpaired) electrons. The van der Waals surface area contributed by atoms with Crippen LogP contribution in [0.2, 0.25) is 5.02 Å². The van der Waals surface area contributed by atoms with Gasteiger partial charge in [-0.2, -0.15) is 0 Å². The first-order valence-electron chi connectivity index (χ1n) is 7.93. The summed E-state index contributed by atoms with van der Waals surface area (Å²) >= 11 is 6.08. The summed E-state index contributed by atoms with van der Waals surface area (Å²) in [6.07, 6.45) is 3.49. The number of hydrogen-bond donors (Lipinski definition) is 1. The van der Waals surface area contributed by atoms with Crippen molar-refractivity contribution < 1.29 is 4.79 Å². The molecular weight excluding hydrogens is 326 g/mol. The third-order valence-corrected chi connectivity index (χ3v) is 4.53. The lowest BCUT2D eigenvalue weighted by Gasteiger charge is -2.34. The zero-order valence-corrected chi connectivity index (χ0v) is 14.3. The molecule has 0 unspecified atom stereocenters. The Labute approximate surface area is 146 Å². The van der Waals surface area contributed by atoms with E-state index in [1.54, 1.807) is 12.4 Å². The first kappa shape index (κ1) is 16.7. The number of rotatable bonds is 4. The molecular formula is C17H20ClN5O. The summed E-state index contributed by atoms with van der Waals surface area (Å²) in [5.74, 6) is 0.723. The summed E-state index contributed by atoms with van der Waals surface area (Å²) in [6.45, 7) is 5.51. The van der Waals surface area contributed by atoms with Crippen LogP contribution < -0.4 is 10.2 Å². The first-order chi connectivity index (χ1) is 11.6. The highest BCUT2D eigenvalue weighted by atomic mass is 35.5. The maximum Gasteiger partial charge on any atom is 0.238 e. The molecule has 0 saturated carbocycles. The Hall–Kier alpha value is -2.18. The van der Waals surface area contributed by atoms with Crippen molar-refractivity contribution in [2.24, 2.45) is 0 Å². The van der Waals surface area contributed by atoms with Crippen LogP contribution in [0.25, 0.3) is 0 Å². The quantitative estimate of drug-likeness (QED) is 0.920. The molecule has 3 rings (SSSR count). The van der Waals surface area contributed by atoms with Crippen molar-refractivity contribution in [3.05, 3.63) is 47.2 Å². The lowest BCUT2D eigenvalue weighted by molar-refractivity contribution is -0.117. The van der Waals surface area contributed by atoms with Crippen molar-refractivity contribution in [2.75, 3.05) is 42.9 Å². The van der Waals surface area contributed by atoms with Gasteiger partial charge in [0.25, 0.3) is 0 Å². The van der Waals surface area contributed by atoms with Crippen LogP contribution in [-0.2, 0) is 4.79 Å². The van der Waals surface area contributed by atoms with E-state index in [-0.39, 0.29) is 5.91 Å². The highest BCUT2D eigenvalue weighted by Gasteiger charge is 2.20. The molecule has 1 N–H and O–H groups in total. The predicted molar refractivity (Wildman–Crippen MR) is 95.5 cm³/mol. The number of nitrogens with zero attached hydrogens (tertiary/aromatic N) is 4. The maximum atomic E-state index is 12.3. The fraction of sp³-hybridized carbons (Fsp3) is 0.353. The number of halogens is 1. The second-order valence-electron chi connectivity index (χ2n) is 5.77. The van der Waals surface area contributed by atoms with Gasteiger partial charge in [-0.1, -0.05) is 17.7 Å². The van der Waals surface area contributed by atoms with Crippen LogP contribution in [-0.4, -0.2) is 53.5 Å². The normalized spacial score (nSPS) is 15.3. The topological polar surface area (TPSA) is 61.4 Å². The predicted octanol–water partition coefficient (Wildman–Crippen LogP) is 2.20. The molecule has 7 heteroatoms. The van der Waals surface area contributed by atoms with Gasteiger partial charge in [0.2, 0.25) is 11.9 Å². The van der Waals surface area contributed by atoms with E-state index in [4.69, 9.17) is 11.6 Å². The van der Waals surface area contributed by atoms with Crippen LogP contribution >= 0.6 is 11.6 Å². The van der Waals surface area contributed by atoms with Gasteiger partial charge in [0.1, 0.15) is 0 Å². The minimum absolute atomic E-state index is 0.0234. The van der Waals surface area contributed by atoms with Crippen molar-refractivity contribution in [1.29, 1.82) is 0 Å². The lowest BCUT2D eigenvalue weighted by Crippen LogP contribution is -2.49. The third-order valence-electron chi connectivity index (χ3n) is 4.12. The monoisotopic (exact) mass is 345 g/mol. The van der Waals surface area contributed by atoms with Crippen molar-refractivity contribution in [3.8, 4) is 0 Å². The van der Waals surface area contributed by atoms with Gasteiger partial charge in [0.05, 0.1) is 6.54 Å². The molecule has 1 aliphatic rings. The van der Waals surface area contributed by atoms with Gasteiger partial charge in [-0.05, 0) is 30.7 Å². The van der Waals surface area contributed by atoms with Gasteiger partial charge in [-0.25, -0.2) is 9.97 Å². The standard InChI is InChI=1S/C17H20ClN5O/c1-13-14(18)4-2-5-15(13)21-16(24)12-22-8-10-23(11-9-22)17-19-6-3-7-20-17/h2-7H,8-12H2,1H3,(H,21,24). The Kier molecular flexibility index (Phi) is 5.27. The highest BCUT2D eigenvalue weighted by molar-refractivity contribution is 6.31. The number of carbonyl (C=O) groups is 1. The number of anilines is 2. The highest BCUT2D eigenvalue weighted by Crippen LogP contribution is 2.22. The van der Waals surface area contributed by atoms with Crippen LogP contribution in [0.3, 0.4) is 0 Å². The fourth-order valence-electron chi connectivity index (χ4n) is 2.70. The Balaban J connectivity index is 1.51. The van der Waals surface area contributed by atoms with Crippen LogP contribution in [0.4, 0.5) is 11.6 Å². The Bertz CT molecular complexity index is 701. The van der Waals surface area contributed by atoms with Crippen LogP contribution in [0.15, 0.2) is 36.7 Å². The van der Waals surface area contributed by atoms with Gasteiger partial charge >= 0.3 is 0 Å². The minimum atomic E-state index is -0.0234. The van der Waals surface area contributed by atoms with E-state index < -0.39 is 0 Å². The van der Waals surface area contributed by atoms with E-state index in [1.807, 2.05) is 31.2 Å². The molecule has 0 spiro atoms. The molecule has 1 saturated heterocycles. The van der Waals surface area contributed by atoms with Crippen LogP contribution in [0, 0.1) is 6.92 Å². The van der Waals surface area contributed by atoms with Crippen molar-refractivity contribution >= 4 is 29.1 Å². The summed E-state index contributed by atoms with van der Waals surface area (Å²) in [5.41, 5.74) is 1.65. The number of nitrogens with one attached hydrogen (secondary N) is 1. The van der Waals surface area contributed by atoms with Gasteiger partial charge in [-0.15, -0.1) is 0 Å². The van der Waals surface area contributed by atoms with E-state index in [1.165, 1.54) is 0 Å². The van der Waals surface area contributed by atoms with E-state index in [0.717, 1.165) is 43.4 Å². The molecule has 1 amide bonds. The average molecular weight is 346 g/mol. The van der Waals surface area contributed by atoms with E-state index in [0.29, 0.717) is 11.6 Å². The molecule has 0 aliphatic carbocycles. The van der Waals surface area contributed by atoms with Gasteiger partial charge in [0.15, 0.2) is 0 Å². The number of piperazine rings is 1. The number of benzene rings is 1. The second kappa shape index (κ2) is 7.59. The number of aromatic nitrogens is 2. The molecule has 1 aromatic carbocycles. The minimum Gasteiger partial charge on any atom is -0.338 e. The van der Waals surface area contributed by atoms with Gasteiger partial charge in [0, 0.05) is 49.3 Å². The van der Waals surface area contributed by atoms with Gasteiger partial charge < -0.3 is 10.2 Å². The molecule has 126 valence electrons. The van der Waals surface area contributed by atoms with Crippen molar-refractivity contribution in [1.82, 2.24) is 14.9 Å². The fourth-order valence-corrected chi connectivity index (χ4v) is 2.87. The molecule has 6 nitrogen and oxygen atoms in total. The zero-order valence-electron chi connectivity index (χ0n) is 13.6. The summed E-state index contributed by atoms with van der Waals surface area (Å²) in [7, 11) is 0. The summed E-state index contributed by atoms with van der Waals surface area (Å²) < 4.78 is 0. The summed E-state index contributed by atoms with van der Waals surface area (Å²) in [5, 5.41) is 3.59. The number of carbonyl (C=O) groups excluding carboxylic acids is 1. The SMILES string of the molecule is Cc1c(Cl)cccc1NC(=O)CN1CCN(c2ncccn2)CC1. The Morgan fingerprint density at radius 3 is 2.58 bits per heavy atom. The molecule has 2 heterocycles. The molecule has 24 heavy (non-hydrogen) atoms. The van der Waals surface area contributed by atoms with Crippen LogP contribution in [0.1, 0.15) is 5.56 Å². The van der Waals surface area contributed by atoms with Gasteiger partial charge in [-0.3, -0.25) is 9.69 Å². The molecule has 1 aromatic heterocycles. The second-order valence-corrected chi connectivity index (χ2v) is 6.18. The lowest BCUT2D eigenvalue weighted by atomic mass is 10.2. The zero-order chi connectivity index (χ0) is 16.9. The van der Waals surface area contributed by atoms with Crippen molar-refractivity contribution in [2.45, 2.75) is 6.92 Å². The molecule has 2 aromatic rings. The number of hydrogen-bond acceptors (Lipinski definition) is 5. The maximum absolute atomic E-state index is 12.3. The van der Waals surface area contributed by atoms with E-state index in [2.05, 4.69) is 25.1 Å². The largest absolute Gasteiger partial charge is 0.338 e. The first-order valence-corrected chi connectivity index (χ1v) is 8.30. The smallest absolute Gasteiger partial charge is 0.238 e. The molecule has 0 bridgehead atoms. The third kappa shape index (κ3) is 4.01. The van der Waals surface area contributed by atoms with Crippen LogP contribution in [0.5, 0.6) is 0 Å².